The molecule has 0 saturated carbocycles. The summed E-state index contributed by atoms with van der Waals surface area (Å²) in [5.74, 6) is 1.77. The molecule has 0 fully saturated rings. The number of aromatic hydroxyl groups is 2. The molecule has 0 radical (unpaired) electrons. The van der Waals surface area contributed by atoms with Gasteiger partial charge in [-0.3, -0.25) is 0 Å². The summed E-state index contributed by atoms with van der Waals surface area (Å²) in [6.07, 6.45) is 3.01. The van der Waals surface area contributed by atoms with Crippen molar-refractivity contribution in [1.82, 2.24) is 0 Å². The molecule has 5 rings (SSSR count). The molecule has 2 unspecified atom stereocenters. The molecule has 24 heavy (non-hydrogen) atoms. The van der Waals surface area contributed by atoms with E-state index in [-0.39, 0.29) is 17.8 Å². The highest BCUT2D eigenvalue weighted by molar-refractivity contribution is 5.89. The zero-order chi connectivity index (χ0) is 16.3. The van der Waals surface area contributed by atoms with Crippen LogP contribution in [0.25, 0.3) is 10.8 Å². The molecule has 3 aromatic carbocycles. The predicted molar refractivity (Wildman–Crippen MR) is 92.9 cm³/mol. The summed E-state index contributed by atoms with van der Waals surface area (Å²) in [5, 5.41) is 22.0. The van der Waals surface area contributed by atoms with Crippen molar-refractivity contribution in [3.63, 3.8) is 0 Å². The molecule has 1 heterocycles. The highest BCUT2D eigenvalue weighted by atomic mass is 16.5. The quantitative estimate of drug-likeness (QED) is 0.650. The van der Waals surface area contributed by atoms with Crippen molar-refractivity contribution in [2.24, 2.45) is 0 Å². The standard InChI is InChI=1S/C21H18O3/c22-14-5-1-12-3-7-20-18(16(12)9-14)11-19-17-10-15(23)6-2-13(17)4-8-21(19)24-20/h1-3,5-7,9-10,19,21-23H,4,8,11H2. The van der Waals surface area contributed by atoms with E-state index in [9.17, 15) is 10.2 Å². The van der Waals surface area contributed by atoms with Crippen LogP contribution >= 0.6 is 0 Å². The van der Waals surface area contributed by atoms with E-state index in [4.69, 9.17) is 4.74 Å². The lowest BCUT2D eigenvalue weighted by atomic mass is 9.75. The van der Waals surface area contributed by atoms with Crippen molar-refractivity contribution in [2.75, 3.05) is 0 Å². The molecular formula is C21H18O3. The maximum atomic E-state index is 9.91. The smallest absolute Gasteiger partial charge is 0.123 e. The van der Waals surface area contributed by atoms with E-state index in [0.29, 0.717) is 5.75 Å². The summed E-state index contributed by atoms with van der Waals surface area (Å²) in [5.41, 5.74) is 3.67. The lowest BCUT2D eigenvalue weighted by Gasteiger charge is -2.38. The fourth-order valence-electron chi connectivity index (χ4n) is 4.29. The van der Waals surface area contributed by atoms with Gasteiger partial charge in [-0.2, -0.15) is 0 Å². The Morgan fingerprint density at radius 3 is 2.62 bits per heavy atom. The largest absolute Gasteiger partial charge is 0.508 e. The minimum absolute atomic E-state index is 0.154. The summed E-state index contributed by atoms with van der Waals surface area (Å²) < 4.78 is 6.32. The van der Waals surface area contributed by atoms with Crippen molar-refractivity contribution in [3.05, 3.63) is 65.2 Å². The maximum Gasteiger partial charge on any atom is 0.123 e. The molecule has 2 atom stereocenters. The normalized spacial score (nSPS) is 21.5. The minimum Gasteiger partial charge on any atom is -0.508 e. The molecule has 0 bridgehead atoms. The molecule has 0 aromatic heterocycles. The third-order valence-electron chi connectivity index (χ3n) is 5.45. The van der Waals surface area contributed by atoms with E-state index in [1.54, 1.807) is 12.1 Å². The Labute approximate surface area is 140 Å². The lowest BCUT2D eigenvalue weighted by molar-refractivity contribution is 0.133. The maximum absolute atomic E-state index is 9.91. The summed E-state index contributed by atoms with van der Waals surface area (Å²) in [6, 6.07) is 15.3. The van der Waals surface area contributed by atoms with Gasteiger partial charge in [0.1, 0.15) is 23.4 Å². The molecule has 0 amide bonds. The SMILES string of the molecule is Oc1ccc2c(c1)C1Cc3c(ccc4ccc(O)cc34)OC1CC2. The minimum atomic E-state index is 0.154. The highest BCUT2D eigenvalue weighted by Gasteiger charge is 2.36. The van der Waals surface area contributed by atoms with Gasteiger partial charge >= 0.3 is 0 Å². The number of phenols is 2. The van der Waals surface area contributed by atoms with Crippen molar-refractivity contribution < 1.29 is 14.9 Å². The topological polar surface area (TPSA) is 49.7 Å². The number of aryl methyl sites for hydroxylation is 1. The van der Waals surface area contributed by atoms with Crippen LogP contribution in [0.2, 0.25) is 0 Å². The summed E-state index contributed by atoms with van der Waals surface area (Å²) in [6.45, 7) is 0. The van der Waals surface area contributed by atoms with Gasteiger partial charge in [0.05, 0.1) is 0 Å². The highest BCUT2D eigenvalue weighted by Crippen LogP contribution is 2.45. The van der Waals surface area contributed by atoms with Gasteiger partial charge in [-0.05, 0) is 71.5 Å². The van der Waals surface area contributed by atoms with E-state index in [1.165, 1.54) is 11.1 Å². The van der Waals surface area contributed by atoms with Crippen LogP contribution < -0.4 is 4.74 Å². The number of hydrogen-bond acceptors (Lipinski definition) is 3. The lowest BCUT2D eigenvalue weighted by Crippen LogP contribution is -2.35. The van der Waals surface area contributed by atoms with Crippen molar-refractivity contribution >= 4 is 10.8 Å². The zero-order valence-electron chi connectivity index (χ0n) is 13.2. The van der Waals surface area contributed by atoms with Gasteiger partial charge in [-0.1, -0.05) is 18.2 Å². The fourth-order valence-corrected chi connectivity index (χ4v) is 4.29. The van der Waals surface area contributed by atoms with E-state index in [0.717, 1.165) is 41.3 Å². The first-order valence-corrected chi connectivity index (χ1v) is 8.42. The molecule has 0 saturated heterocycles. The summed E-state index contributed by atoms with van der Waals surface area (Å²) >= 11 is 0. The van der Waals surface area contributed by atoms with E-state index < -0.39 is 0 Å². The Kier molecular flexibility index (Phi) is 2.81. The van der Waals surface area contributed by atoms with Gasteiger partial charge < -0.3 is 14.9 Å². The van der Waals surface area contributed by atoms with Gasteiger partial charge in [-0.25, -0.2) is 0 Å². The van der Waals surface area contributed by atoms with Crippen molar-refractivity contribution in [2.45, 2.75) is 31.3 Å². The molecule has 1 aliphatic heterocycles. The number of fused-ring (bicyclic) bond motifs is 6. The van der Waals surface area contributed by atoms with Crippen LogP contribution in [-0.2, 0) is 12.8 Å². The van der Waals surface area contributed by atoms with Crippen LogP contribution in [0.4, 0.5) is 0 Å². The van der Waals surface area contributed by atoms with Gasteiger partial charge in [0.25, 0.3) is 0 Å². The Morgan fingerprint density at radius 2 is 1.71 bits per heavy atom. The van der Waals surface area contributed by atoms with Crippen LogP contribution in [0, 0.1) is 0 Å². The van der Waals surface area contributed by atoms with Crippen LogP contribution in [0.15, 0.2) is 48.5 Å². The van der Waals surface area contributed by atoms with E-state index >= 15 is 0 Å². The number of benzene rings is 3. The second kappa shape index (κ2) is 4.91. The third kappa shape index (κ3) is 1.97. The van der Waals surface area contributed by atoms with Gasteiger partial charge in [0, 0.05) is 11.5 Å². The third-order valence-corrected chi connectivity index (χ3v) is 5.45. The Bertz CT molecular complexity index is 961. The van der Waals surface area contributed by atoms with Crippen LogP contribution in [0.1, 0.15) is 29.0 Å². The van der Waals surface area contributed by atoms with E-state index in [1.807, 2.05) is 30.3 Å². The number of hydrogen-bond donors (Lipinski definition) is 2. The van der Waals surface area contributed by atoms with Gasteiger partial charge in [-0.15, -0.1) is 0 Å². The van der Waals surface area contributed by atoms with Crippen LogP contribution in [-0.4, -0.2) is 16.3 Å². The number of ether oxygens (including phenoxy) is 1. The molecular weight excluding hydrogens is 300 g/mol. The predicted octanol–water partition coefficient (Wildman–Crippen LogP) is 4.28. The second-order valence-electron chi connectivity index (χ2n) is 6.84. The van der Waals surface area contributed by atoms with Crippen molar-refractivity contribution in [3.8, 4) is 17.2 Å². The first-order valence-electron chi connectivity index (χ1n) is 8.42. The van der Waals surface area contributed by atoms with Crippen LogP contribution in [0.5, 0.6) is 17.2 Å². The average Bonchev–Trinajstić information content (AvgIpc) is 2.60. The molecule has 2 N–H and O–H groups in total. The van der Waals surface area contributed by atoms with Gasteiger partial charge in [0.2, 0.25) is 0 Å². The van der Waals surface area contributed by atoms with E-state index in [2.05, 4.69) is 6.07 Å². The Morgan fingerprint density at radius 1 is 0.917 bits per heavy atom. The molecule has 2 aliphatic rings. The Balaban J connectivity index is 1.68. The molecule has 1 aliphatic carbocycles. The van der Waals surface area contributed by atoms with Gasteiger partial charge in [0.15, 0.2) is 0 Å². The first kappa shape index (κ1) is 13.7. The van der Waals surface area contributed by atoms with Crippen molar-refractivity contribution in [1.29, 1.82) is 0 Å². The summed E-state index contributed by atoms with van der Waals surface area (Å²) in [4.78, 5) is 0. The summed E-state index contributed by atoms with van der Waals surface area (Å²) in [7, 11) is 0. The number of phenolic OH excluding ortho intramolecular Hbond substituents is 2. The Hall–Kier alpha value is -2.68. The fraction of sp³-hybridized carbons (Fsp3) is 0.238. The molecule has 3 nitrogen and oxygen atoms in total. The second-order valence-corrected chi connectivity index (χ2v) is 6.84. The molecule has 3 aromatic rings. The average molecular weight is 318 g/mol. The zero-order valence-corrected chi connectivity index (χ0v) is 13.2. The molecule has 3 heteroatoms. The molecule has 0 spiro atoms. The monoisotopic (exact) mass is 318 g/mol. The number of rotatable bonds is 0. The first-order chi connectivity index (χ1) is 11.7. The molecule has 120 valence electrons. The van der Waals surface area contributed by atoms with Crippen LogP contribution in [0.3, 0.4) is 0 Å².